The van der Waals surface area contributed by atoms with Crippen LogP contribution in [-0.2, 0) is 22.5 Å². The number of thioether (sulfide) groups is 1. The second-order valence-corrected chi connectivity index (χ2v) is 7.42. The Kier molecular flexibility index (Phi) is 4.85. The van der Waals surface area contributed by atoms with Crippen molar-refractivity contribution in [2.75, 3.05) is 19.4 Å². The fraction of sp³-hybridized carbons (Fsp3) is 0.250. The van der Waals surface area contributed by atoms with E-state index in [1.54, 1.807) is 18.5 Å². The van der Waals surface area contributed by atoms with Gasteiger partial charge in [0.05, 0.1) is 18.4 Å². The van der Waals surface area contributed by atoms with E-state index in [-0.39, 0.29) is 11.9 Å². The number of pyridine rings is 1. The topological polar surface area (TPSA) is 75.3 Å². The van der Waals surface area contributed by atoms with Crippen LogP contribution in [0.25, 0.3) is 10.9 Å². The van der Waals surface area contributed by atoms with Crippen LogP contribution in [0, 0.1) is 0 Å². The van der Waals surface area contributed by atoms with E-state index in [2.05, 4.69) is 9.97 Å². The molecule has 3 aromatic rings. The first-order valence-electron chi connectivity index (χ1n) is 8.68. The van der Waals surface area contributed by atoms with E-state index in [4.69, 9.17) is 4.74 Å². The number of nitrogens with one attached hydrogen (secondary N) is 1. The molecule has 0 saturated heterocycles. The average molecular weight is 381 g/mol. The standard InChI is InChI=1S/C20H19N3O3S/c1-26-20(25)13-2-3-17-15(10-13)16-11-23(9-6-18(16)22-17)19(24)12-27-14-4-7-21-8-5-14/h2-5,7-8,10,22H,6,9,11-12H2,1H3. The van der Waals surface area contributed by atoms with E-state index in [0.717, 1.165) is 33.5 Å². The van der Waals surface area contributed by atoms with E-state index >= 15 is 0 Å². The molecular formula is C20H19N3O3S. The van der Waals surface area contributed by atoms with E-state index < -0.39 is 0 Å². The minimum absolute atomic E-state index is 0.112. The minimum atomic E-state index is -0.357. The molecule has 0 atom stereocenters. The van der Waals surface area contributed by atoms with Crippen molar-refractivity contribution in [3.63, 3.8) is 0 Å². The SMILES string of the molecule is COC(=O)c1ccc2[nH]c3c(c2c1)CN(C(=O)CSc1ccncc1)CC3. The largest absolute Gasteiger partial charge is 0.465 e. The highest BCUT2D eigenvalue weighted by atomic mass is 32.2. The molecule has 1 aromatic carbocycles. The number of esters is 1. The van der Waals surface area contributed by atoms with Gasteiger partial charge in [-0.3, -0.25) is 9.78 Å². The third-order valence-electron chi connectivity index (χ3n) is 4.76. The Bertz CT molecular complexity index is 1000. The van der Waals surface area contributed by atoms with Gasteiger partial charge >= 0.3 is 5.97 Å². The fourth-order valence-corrected chi connectivity index (χ4v) is 4.13. The van der Waals surface area contributed by atoms with E-state index in [1.165, 1.54) is 18.9 Å². The lowest BCUT2D eigenvalue weighted by atomic mass is 10.0. The zero-order valence-electron chi connectivity index (χ0n) is 14.9. The lowest BCUT2D eigenvalue weighted by Gasteiger charge is -2.27. The van der Waals surface area contributed by atoms with Gasteiger partial charge in [-0.2, -0.15) is 0 Å². The Balaban J connectivity index is 1.52. The molecule has 1 aliphatic rings. The quantitative estimate of drug-likeness (QED) is 0.555. The number of hydrogen-bond donors (Lipinski definition) is 1. The van der Waals surface area contributed by atoms with Crippen molar-refractivity contribution in [1.29, 1.82) is 0 Å². The zero-order chi connectivity index (χ0) is 18.8. The molecule has 0 aliphatic carbocycles. The third-order valence-corrected chi connectivity index (χ3v) is 5.76. The molecule has 0 saturated carbocycles. The smallest absolute Gasteiger partial charge is 0.337 e. The summed E-state index contributed by atoms with van der Waals surface area (Å²) in [4.78, 5) is 34.8. The van der Waals surface area contributed by atoms with Gasteiger partial charge in [-0.25, -0.2) is 4.79 Å². The maximum atomic E-state index is 12.7. The van der Waals surface area contributed by atoms with Gasteiger partial charge in [-0.15, -0.1) is 11.8 Å². The number of aromatic amines is 1. The molecule has 1 amide bonds. The molecule has 2 aromatic heterocycles. The average Bonchev–Trinajstić information content (AvgIpc) is 3.09. The number of H-pyrrole nitrogens is 1. The molecule has 0 fully saturated rings. The Hall–Kier alpha value is -2.80. The van der Waals surface area contributed by atoms with Crippen LogP contribution in [0.15, 0.2) is 47.6 Å². The van der Waals surface area contributed by atoms with Gasteiger partial charge in [0, 0.05) is 59.0 Å². The van der Waals surface area contributed by atoms with Crippen molar-refractivity contribution in [3.05, 3.63) is 59.5 Å². The van der Waals surface area contributed by atoms with Gasteiger partial charge in [-0.05, 0) is 30.3 Å². The number of carbonyl (C=O) groups is 2. The van der Waals surface area contributed by atoms with Crippen LogP contribution >= 0.6 is 11.8 Å². The Morgan fingerprint density at radius 1 is 1.26 bits per heavy atom. The molecule has 3 heterocycles. The summed E-state index contributed by atoms with van der Waals surface area (Å²) in [7, 11) is 1.37. The normalized spacial score (nSPS) is 13.4. The predicted octanol–water partition coefficient (Wildman–Crippen LogP) is 3.03. The van der Waals surface area contributed by atoms with Crippen molar-refractivity contribution in [2.24, 2.45) is 0 Å². The molecule has 7 heteroatoms. The summed E-state index contributed by atoms with van der Waals surface area (Å²) in [6.07, 6.45) is 4.23. The Morgan fingerprint density at radius 3 is 2.85 bits per heavy atom. The molecule has 0 spiro atoms. The first-order chi connectivity index (χ1) is 13.2. The number of amides is 1. The molecule has 0 bridgehead atoms. The summed E-state index contributed by atoms with van der Waals surface area (Å²) in [5.74, 6) is 0.153. The first-order valence-corrected chi connectivity index (χ1v) is 9.66. The molecular weight excluding hydrogens is 362 g/mol. The van der Waals surface area contributed by atoms with Crippen LogP contribution in [0.2, 0.25) is 0 Å². The summed E-state index contributed by atoms with van der Waals surface area (Å²) >= 11 is 1.52. The van der Waals surface area contributed by atoms with Crippen molar-refractivity contribution in [2.45, 2.75) is 17.9 Å². The van der Waals surface area contributed by atoms with Crippen LogP contribution < -0.4 is 0 Å². The molecule has 0 radical (unpaired) electrons. The van der Waals surface area contributed by atoms with Crippen LogP contribution in [0.5, 0.6) is 0 Å². The maximum Gasteiger partial charge on any atom is 0.337 e. The van der Waals surface area contributed by atoms with Gasteiger partial charge in [-0.1, -0.05) is 0 Å². The molecule has 27 heavy (non-hydrogen) atoms. The lowest BCUT2D eigenvalue weighted by Crippen LogP contribution is -2.36. The van der Waals surface area contributed by atoms with Gasteiger partial charge in [0.2, 0.25) is 5.91 Å². The number of hydrogen-bond acceptors (Lipinski definition) is 5. The van der Waals surface area contributed by atoms with Crippen molar-refractivity contribution in [3.8, 4) is 0 Å². The second kappa shape index (κ2) is 7.44. The first kappa shape index (κ1) is 17.6. The number of benzene rings is 1. The third kappa shape index (κ3) is 3.55. The van der Waals surface area contributed by atoms with Crippen LogP contribution in [-0.4, -0.2) is 46.2 Å². The lowest BCUT2D eigenvalue weighted by molar-refractivity contribution is -0.129. The molecule has 4 rings (SSSR count). The molecule has 1 N–H and O–H groups in total. The number of ether oxygens (including phenoxy) is 1. The number of nitrogens with zero attached hydrogens (tertiary/aromatic N) is 2. The van der Waals surface area contributed by atoms with Crippen molar-refractivity contribution >= 4 is 34.5 Å². The maximum absolute atomic E-state index is 12.7. The van der Waals surface area contributed by atoms with Crippen LogP contribution in [0.1, 0.15) is 21.6 Å². The Morgan fingerprint density at radius 2 is 2.07 bits per heavy atom. The highest BCUT2D eigenvalue weighted by Crippen LogP contribution is 2.29. The summed E-state index contributed by atoms with van der Waals surface area (Å²) in [5.41, 5.74) is 3.72. The van der Waals surface area contributed by atoms with Gasteiger partial charge in [0.1, 0.15) is 0 Å². The van der Waals surface area contributed by atoms with Gasteiger partial charge in [0.15, 0.2) is 0 Å². The van der Waals surface area contributed by atoms with E-state index in [1.807, 2.05) is 29.2 Å². The van der Waals surface area contributed by atoms with Crippen molar-refractivity contribution in [1.82, 2.24) is 14.9 Å². The Labute approximate surface area is 160 Å². The summed E-state index contributed by atoms with van der Waals surface area (Å²) in [5, 5.41) is 0.979. The van der Waals surface area contributed by atoms with Crippen molar-refractivity contribution < 1.29 is 14.3 Å². The zero-order valence-corrected chi connectivity index (χ0v) is 15.7. The summed E-state index contributed by atoms with van der Waals surface area (Å²) in [6, 6.07) is 9.30. The summed E-state index contributed by atoms with van der Waals surface area (Å²) in [6.45, 7) is 1.25. The number of fused-ring (bicyclic) bond motifs is 3. The van der Waals surface area contributed by atoms with Gasteiger partial charge < -0.3 is 14.6 Å². The second-order valence-electron chi connectivity index (χ2n) is 6.37. The highest BCUT2D eigenvalue weighted by molar-refractivity contribution is 8.00. The number of aromatic nitrogens is 2. The number of rotatable bonds is 4. The molecule has 6 nitrogen and oxygen atoms in total. The number of methoxy groups -OCH3 is 1. The van der Waals surface area contributed by atoms with Crippen LogP contribution in [0.4, 0.5) is 0 Å². The molecule has 138 valence electrons. The highest BCUT2D eigenvalue weighted by Gasteiger charge is 2.24. The van der Waals surface area contributed by atoms with E-state index in [9.17, 15) is 9.59 Å². The predicted molar refractivity (Wildman–Crippen MR) is 104 cm³/mol. The minimum Gasteiger partial charge on any atom is -0.465 e. The molecule has 1 aliphatic heterocycles. The summed E-state index contributed by atoms with van der Waals surface area (Å²) < 4.78 is 4.82. The molecule has 0 unspecified atom stereocenters. The van der Waals surface area contributed by atoms with E-state index in [0.29, 0.717) is 24.4 Å². The van der Waals surface area contributed by atoms with Crippen LogP contribution in [0.3, 0.4) is 0 Å². The monoisotopic (exact) mass is 381 g/mol. The number of carbonyl (C=O) groups excluding carboxylic acids is 2. The fourth-order valence-electron chi connectivity index (χ4n) is 3.34. The van der Waals surface area contributed by atoms with Gasteiger partial charge in [0.25, 0.3) is 0 Å².